The van der Waals surface area contributed by atoms with E-state index in [0.29, 0.717) is 17.7 Å². The van der Waals surface area contributed by atoms with Crippen molar-refractivity contribution in [2.75, 3.05) is 13.6 Å². The summed E-state index contributed by atoms with van der Waals surface area (Å²) in [5.74, 6) is -1.22. The molecule has 3 aliphatic carbocycles. The highest BCUT2D eigenvalue weighted by Crippen LogP contribution is 2.72. The molecule has 172 valence electrons. The van der Waals surface area contributed by atoms with Crippen molar-refractivity contribution in [1.29, 1.82) is 0 Å². The first-order valence-corrected chi connectivity index (χ1v) is 11.1. The number of hydrogen-bond acceptors (Lipinski definition) is 6. The number of likely N-dealkylation sites (tertiary alicyclic amines) is 1. The molecule has 1 saturated carbocycles. The van der Waals surface area contributed by atoms with Gasteiger partial charge in [0.1, 0.15) is 17.4 Å². The van der Waals surface area contributed by atoms with Gasteiger partial charge in [0.05, 0.1) is 11.6 Å². The number of fused-ring (bicyclic) bond motifs is 3. The van der Waals surface area contributed by atoms with Crippen LogP contribution in [-0.4, -0.2) is 63.2 Å². The number of amides is 2. The second-order valence-corrected chi connectivity index (χ2v) is 10.4. The van der Waals surface area contributed by atoms with Crippen molar-refractivity contribution in [2.45, 2.75) is 54.7 Å². The molecule has 2 amide bonds. The number of nitrogens with one attached hydrogen (secondary N) is 2. The van der Waals surface area contributed by atoms with Gasteiger partial charge in [-0.15, -0.1) is 0 Å². The van der Waals surface area contributed by atoms with Crippen molar-refractivity contribution in [3.8, 4) is 5.75 Å². The Labute approximate surface area is 189 Å². The summed E-state index contributed by atoms with van der Waals surface area (Å²) in [4.78, 5) is 41.8. The number of pyridine rings is 1. The Bertz CT molecular complexity index is 1320. The summed E-state index contributed by atoms with van der Waals surface area (Å²) in [6.07, 6.45) is 1.44. The summed E-state index contributed by atoms with van der Waals surface area (Å²) in [7, 11) is 2.01. The minimum absolute atomic E-state index is 0.0886. The number of aromatic nitrogens is 1. The molecule has 9 nitrogen and oxygen atoms in total. The van der Waals surface area contributed by atoms with E-state index in [4.69, 9.17) is 5.73 Å². The number of nitrogens with two attached hydrogens (primary N) is 1. The van der Waals surface area contributed by atoms with Crippen molar-refractivity contribution in [1.82, 2.24) is 15.2 Å². The van der Waals surface area contributed by atoms with Crippen LogP contribution in [0.25, 0.3) is 0 Å². The van der Waals surface area contributed by atoms with Gasteiger partial charge in [-0.2, -0.15) is 0 Å². The van der Waals surface area contributed by atoms with Crippen LogP contribution in [0.15, 0.2) is 29.1 Å². The summed E-state index contributed by atoms with van der Waals surface area (Å²) in [6, 6.07) is 5.97. The SMILES string of the molecule is C[C@H](NC(=O)c1cc2c([nH]c1=O)C[C@@]13C[C@]4(CN(C)[C@H]4[C@]1(O)C2)c1ccc(O)cc13)C(N)=O. The zero-order valence-corrected chi connectivity index (χ0v) is 18.4. The number of carbonyl (C=O) groups excluding carboxylic acids is 2. The minimum Gasteiger partial charge on any atom is -0.508 e. The van der Waals surface area contributed by atoms with E-state index in [1.54, 1.807) is 12.1 Å². The van der Waals surface area contributed by atoms with Crippen LogP contribution in [-0.2, 0) is 28.5 Å². The number of primary amides is 1. The van der Waals surface area contributed by atoms with Gasteiger partial charge in [0, 0.05) is 35.9 Å². The van der Waals surface area contributed by atoms with E-state index in [2.05, 4.69) is 15.2 Å². The second-order valence-electron chi connectivity index (χ2n) is 10.4. The number of phenols is 1. The number of nitrogens with zero attached hydrogens (tertiary/aromatic N) is 1. The Kier molecular flexibility index (Phi) is 3.74. The molecular formula is C24H26N4O5. The van der Waals surface area contributed by atoms with Gasteiger partial charge in [0.15, 0.2) is 0 Å². The summed E-state index contributed by atoms with van der Waals surface area (Å²) in [5, 5.41) is 25.0. The number of phenolic OH excluding ortho intramolecular Hbond substituents is 1. The highest BCUT2D eigenvalue weighted by atomic mass is 16.3. The third-order valence-corrected chi connectivity index (χ3v) is 8.62. The van der Waals surface area contributed by atoms with Crippen LogP contribution in [0.5, 0.6) is 5.75 Å². The third kappa shape index (κ3) is 2.26. The van der Waals surface area contributed by atoms with Crippen molar-refractivity contribution < 1.29 is 19.8 Å². The molecule has 2 heterocycles. The zero-order valence-electron chi connectivity index (χ0n) is 18.4. The summed E-state index contributed by atoms with van der Waals surface area (Å²) < 4.78 is 0. The zero-order chi connectivity index (χ0) is 23.5. The number of benzene rings is 1. The molecule has 1 aliphatic heterocycles. The molecule has 5 atom stereocenters. The van der Waals surface area contributed by atoms with Crippen LogP contribution < -0.4 is 16.6 Å². The Morgan fingerprint density at radius 3 is 2.73 bits per heavy atom. The molecule has 33 heavy (non-hydrogen) atoms. The van der Waals surface area contributed by atoms with Gasteiger partial charge in [-0.25, -0.2) is 0 Å². The topological polar surface area (TPSA) is 149 Å². The van der Waals surface area contributed by atoms with Gasteiger partial charge in [-0.05, 0) is 55.3 Å². The summed E-state index contributed by atoms with van der Waals surface area (Å²) in [5.41, 5.74) is 6.17. The number of hydrogen-bond donors (Lipinski definition) is 5. The molecule has 2 spiro atoms. The predicted molar refractivity (Wildman–Crippen MR) is 118 cm³/mol. The van der Waals surface area contributed by atoms with E-state index < -0.39 is 34.4 Å². The lowest BCUT2D eigenvalue weighted by molar-refractivity contribution is -0.126. The molecule has 1 aromatic carbocycles. The third-order valence-electron chi connectivity index (χ3n) is 8.62. The lowest BCUT2D eigenvalue weighted by atomic mass is 9.55. The van der Waals surface area contributed by atoms with Crippen LogP contribution >= 0.6 is 0 Å². The molecule has 1 aromatic heterocycles. The van der Waals surface area contributed by atoms with Crippen LogP contribution in [0.1, 0.15) is 46.1 Å². The van der Waals surface area contributed by atoms with Gasteiger partial charge in [-0.1, -0.05) is 6.07 Å². The average molecular weight is 450 g/mol. The molecule has 2 aromatic rings. The lowest BCUT2D eigenvalue weighted by Crippen LogP contribution is -2.74. The molecule has 0 unspecified atom stereocenters. The maximum atomic E-state index is 12.8. The highest BCUT2D eigenvalue weighted by Gasteiger charge is 2.80. The minimum atomic E-state index is -1.11. The first kappa shape index (κ1) is 20.4. The molecule has 1 saturated heterocycles. The number of aromatic amines is 1. The molecule has 2 bridgehead atoms. The molecule has 2 fully saturated rings. The average Bonchev–Trinajstić information content (AvgIpc) is 3.10. The van der Waals surface area contributed by atoms with E-state index in [0.717, 1.165) is 18.5 Å². The van der Waals surface area contributed by atoms with Crippen molar-refractivity contribution in [2.24, 2.45) is 5.73 Å². The van der Waals surface area contributed by atoms with Gasteiger partial charge < -0.3 is 26.2 Å². The fourth-order valence-electron chi connectivity index (χ4n) is 7.49. The molecule has 0 radical (unpaired) electrons. The number of aliphatic hydroxyl groups is 1. The van der Waals surface area contributed by atoms with Crippen molar-refractivity contribution in [3.63, 3.8) is 0 Å². The van der Waals surface area contributed by atoms with E-state index in [-0.39, 0.29) is 29.2 Å². The number of aromatic hydroxyl groups is 1. The first-order chi connectivity index (χ1) is 15.5. The van der Waals surface area contributed by atoms with Gasteiger partial charge >= 0.3 is 0 Å². The Hall–Kier alpha value is -3.17. The number of H-pyrrole nitrogens is 1. The summed E-state index contributed by atoms with van der Waals surface area (Å²) >= 11 is 0. The van der Waals surface area contributed by atoms with Crippen LogP contribution in [0.3, 0.4) is 0 Å². The quantitative estimate of drug-likeness (QED) is 0.423. The Morgan fingerprint density at radius 2 is 2.03 bits per heavy atom. The van der Waals surface area contributed by atoms with E-state index in [9.17, 15) is 24.6 Å². The van der Waals surface area contributed by atoms with Crippen LogP contribution in [0.4, 0.5) is 0 Å². The fraction of sp³-hybridized carbons (Fsp3) is 0.458. The smallest absolute Gasteiger partial charge is 0.261 e. The standard InChI is InChI=1S/C24H26N4O5/c1-11(18(25)30)26-19(31)14-5-12-7-24(33)21-22(10-28(21)2)9-23(24,8-17(12)27-20(14)32)16-6-13(29)3-4-15(16)22/h3-6,11,21,29,33H,7-10H2,1-2H3,(H2,25,30)(H,26,31)(H,27,32)/t11-,21+,22-,23-,24+/m0/s1. The Balaban J connectivity index is 1.47. The van der Waals surface area contributed by atoms with Crippen molar-refractivity contribution in [3.05, 3.63) is 62.6 Å². The maximum absolute atomic E-state index is 12.8. The van der Waals surface area contributed by atoms with Crippen LogP contribution in [0, 0.1) is 0 Å². The van der Waals surface area contributed by atoms with Gasteiger partial charge in [0.25, 0.3) is 11.5 Å². The van der Waals surface area contributed by atoms with E-state index in [1.165, 1.54) is 18.6 Å². The van der Waals surface area contributed by atoms with E-state index >= 15 is 0 Å². The monoisotopic (exact) mass is 450 g/mol. The molecular weight excluding hydrogens is 424 g/mol. The predicted octanol–water partition coefficient (Wildman–Crippen LogP) is -0.579. The van der Waals surface area contributed by atoms with Crippen molar-refractivity contribution >= 4 is 11.8 Å². The lowest BCUT2D eigenvalue weighted by Gasteiger charge is -2.61. The largest absolute Gasteiger partial charge is 0.508 e. The Morgan fingerprint density at radius 1 is 1.27 bits per heavy atom. The van der Waals surface area contributed by atoms with E-state index in [1.807, 2.05) is 13.1 Å². The molecule has 9 heteroatoms. The number of likely N-dealkylation sites (N-methyl/N-ethyl adjacent to an activating group) is 1. The fourth-order valence-corrected chi connectivity index (χ4v) is 7.49. The number of carbonyl (C=O) groups is 2. The summed E-state index contributed by atoms with van der Waals surface area (Å²) in [6.45, 7) is 2.28. The molecule has 4 aliphatic rings. The van der Waals surface area contributed by atoms with Crippen LogP contribution in [0.2, 0.25) is 0 Å². The molecule has 6 rings (SSSR count). The second kappa shape index (κ2) is 6.03. The first-order valence-electron chi connectivity index (χ1n) is 11.1. The van der Waals surface area contributed by atoms with Gasteiger partial charge in [0.2, 0.25) is 5.91 Å². The number of rotatable bonds is 3. The maximum Gasteiger partial charge on any atom is 0.261 e. The molecule has 6 N–H and O–H groups in total. The highest BCUT2D eigenvalue weighted by molar-refractivity contribution is 5.97. The normalized spacial score (nSPS) is 33.8. The van der Waals surface area contributed by atoms with Gasteiger partial charge in [-0.3, -0.25) is 19.3 Å².